The molecule has 4 aromatic carbocycles. The van der Waals surface area contributed by atoms with Crippen LogP contribution in [0.1, 0.15) is 366 Å². The molecule has 3 N–H and O–H groups in total. The van der Waals surface area contributed by atoms with Gasteiger partial charge in [-0.1, -0.05) is 231 Å². The average Bonchev–Trinajstić information content (AvgIpc) is 0.818. The Kier molecular flexibility index (Phi) is 51.9. The number of methoxy groups -OCH3 is 1. The molecule has 0 unspecified atom stereocenters. The molecule has 0 radical (unpaired) electrons. The van der Waals surface area contributed by atoms with E-state index in [-0.39, 0.29) is 0 Å². The molecule has 0 spiro atoms. The van der Waals surface area contributed by atoms with Crippen molar-refractivity contribution in [1.82, 2.24) is 0 Å². The summed E-state index contributed by atoms with van der Waals surface area (Å²) in [5.74, 6) is 6.11. The van der Waals surface area contributed by atoms with E-state index in [1.807, 2.05) is 24.7 Å². The molecule has 6 aliphatic carbocycles. The third-order valence-electron chi connectivity index (χ3n) is 22.8. The standard InChI is InChI=1S/C32H45NO.C27H43NO2.C27H43NO.6ClH.3Zr/c1-25-18-20-30(21-19-25)33-24-29-22-28(26-14-12-9-13-15-26)23-31(32(29)34)27-16-10-7-5-3-2-4-6-8-11-17-27;1-21-14-16-24(17-15-21)28-20-23-18-25(30-2)19-26(27(23)29)22-12-10-8-6-4-3-5-7-9-11-13-22;1-21-14-16-25(17-15-21)28-20-24-18-22(2)19-26(27(24)29)23-12-10-8-6-4-3-5-7-9-11-13-23;;;;;;;;;/h9,12-15,22-25,27,30,34H,2-8,10-11,16-21H2,1H3;18-22,24,29H,3-17H2,1-2H3;18-21,23,25,29H,3-17H2,1-2H3;6*1H;;;/q;;;;;;;;;3*+2/p-6. The zero-order valence-electron chi connectivity index (χ0n) is 63.5. The Morgan fingerprint density at radius 2 is 0.598 bits per heavy atom. The summed E-state index contributed by atoms with van der Waals surface area (Å²) in [6, 6.07) is 24.7. The van der Waals surface area contributed by atoms with Crippen LogP contribution in [0.15, 0.2) is 81.7 Å². The molecule has 0 aliphatic heterocycles. The van der Waals surface area contributed by atoms with E-state index in [9.17, 15) is 15.3 Å². The summed E-state index contributed by atoms with van der Waals surface area (Å²) in [6.07, 6.45) is 64.1. The normalized spacial score (nSPS) is 23.3. The van der Waals surface area contributed by atoms with Gasteiger partial charge in [0.2, 0.25) is 0 Å². The number of ether oxygens (including phenoxy) is 1. The van der Waals surface area contributed by atoms with Crippen molar-refractivity contribution in [2.75, 3.05) is 7.11 Å². The molecule has 0 bridgehead atoms. The Bertz CT molecular complexity index is 2860. The zero-order chi connectivity index (χ0) is 73.4. The summed E-state index contributed by atoms with van der Waals surface area (Å²) in [4.78, 5) is 14.7. The monoisotopic (exact) mass is 1750 g/mol. The number of aryl methyl sites for hydroxylation is 1. The molecule has 568 valence electrons. The van der Waals surface area contributed by atoms with Crippen LogP contribution >= 0.6 is 51.1 Å². The predicted octanol–water partition coefficient (Wildman–Crippen LogP) is 29.4. The fraction of sp³-hybridized carbons (Fsp3) is 0.686. The van der Waals surface area contributed by atoms with Crippen molar-refractivity contribution in [3.05, 3.63) is 106 Å². The summed E-state index contributed by atoms with van der Waals surface area (Å²) < 4.78 is 5.61. The van der Waals surface area contributed by atoms with Crippen molar-refractivity contribution in [3.8, 4) is 34.1 Å². The van der Waals surface area contributed by atoms with Crippen molar-refractivity contribution in [2.24, 2.45) is 32.7 Å². The fourth-order valence-electron chi connectivity index (χ4n) is 16.5. The number of phenolic OH excluding ortho intramolecular Hbond substituents is 3. The Morgan fingerprint density at radius 3 is 0.902 bits per heavy atom. The van der Waals surface area contributed by atoms with E-state index < -0.39 is 62.5 Å². The Balaban J connectivity index is 0.000000260. The van der Waals surface area contributed by atoms with Gasteiger partial charge in [-0.05, 0) is 216 Å². The van der Waals surface area contributed by atoms with E-state index in [1.165, 1.54) is 286 Å². The third-order valence-corrected chi connectivity index (χ3v) is 22.8. The van der Waals surface area contributed by atoms with Crippen molar-refractivity contribution >= 4 is 69.7 Å². The van der Waals surface area contributed by atoms with Crippen LogP contribution in [-0.2, 0) is 62.5 Å². The van der Waals surface area contributed by atoms with E-state index in [4.69, 9.17) is 70.8 Å². The number of halogens is 6. The maximum absolute atomic E-state index is 11.5. The van der Waals surface area contributed by atoms with Gasteiger partial charge in [0, 0.05) is 59.0 Å². The second-order valence-electron chi connectivity index (χ2n) is 31.0. The number of hydrogen-bond donors (Lipinski definition) is 3. The fourth-order valence-corrected chi connectivity index (χ4v) is 16.5. The summed E-state index contributed by atoms with van der Waals surface area (Å²) in [6.45, 7) is 9.20. The van der Waals surface area contributed by atoms with E-state index >= 15 is 0 Å². The van der Waals surface area contributed by atoms with Gasteiger partial charge in [-0.25, -0.2) is 0 Å². The first kappa shape index (κ1) is 92.1. The van der Waals surface area contributed by atoms with Crippen LogP contribution in [0.25, 0.3) is 11.1 Å². The van der Waals surface area contributed by atoms with Crippen LogP contribution in [0.4, 0.5) is 0 Å². The number of phenols is 3. The summed E-state index contributed by atoms with van der Waals surface area (Å²) >= 11 is -2.48. The Morgan fingerprint density at radius 1 is 0.333 bits per heavy atom. The third kappa shape index (κ3) is 37.5. The molecule has 0 saturated heterocycles. The minimum atomic E-state index is -0.826. The molecule has 0 amide bonds. The first-order valence-corrected chi connectivity index (χ1v) is 59.4. The van der Waals surface area contributed by atoms with E-state index in [1.54, 1.807) is 7.11 Å². The van der Waals surface area contributed by atoms with Gasteiger partial charge >= 0.3 is 114 Å². The molecule has 6 aliphatic rings. The summed E-state index contributed by atoms with van der Waals surface area (Å²) in [5.41, 5.74) is 9.75. The molecule has 6 fully saturated rings. The van der Waals surface area contributed by atoms with Crippen LogP contribution in [0.5, 0.6) is 23.0 Å². The number of rotatable bonds is 11. The number of benzene rings is 4. The first-order valence-electron chi connectivity index (χ1n) is 40.4. The Hall–Kier alpha value is -0.521. The Labute approximate surface area is 677 Å². The second-order valence-corrected chi connectivity index (χ2v) is 42.2. The SMILES string of the molecule is CC1CCC(N=Cc2cc(-c3ccccc3)cc(C3CCCCCCCCCCC3)c2O)CC1.COc1cc(C=NC2CCC(C)CC2)c(O)c(C2CCCCCCCCCCC2)c1.Cc1cc(C=NC2CCC(C)CC2)c(O)c(C2CCCCCCCCCCC2)c1.[Cl][Zr][Cl].[Cl][Zr][Cl].[Cl][Zr][Cl]. The summed E-state index contributed by atoms with van der Waals surface area (Å²) in [5, 5.41) is 33.8. The van der Waals surface area contributed by atoms with Crippen molar-refractivity contribution in [3.63, 3.8) is 0 Å². The van der Waals surface area contributed by atoms with E-state index in [0.717, 1.165) is 77.0 Å². The second kappa shape index (κ2) is 57.5. The van der Waals surface area contributed by atoms with Gasteiger partial charge in [-0.15, -0.1) is 0 Å². The predicted molar refractivity (Wildman–Crippen MR) is 434 cm³/mol. The molecule has 4 aromatic rings. The maximum atomic E-state index is 11.5. The molecule has 16 heteroatoms. The van der Waals surface area contributed by atoms with Gasteiger partial charge in [0.15, 0.2) is 0 Å². The van der Waals surface area contributed by atoms with Crippen LogP contribution in [0.3, 0.4) is 0 Å². The van der Waals surface area contributed by atoms with Gasteiger partial charge in [-0.3, -0.25) is 15.0 Å². The molecule has 0 atom stereocenters. The molecule has 0 heterocycles. The first-order chi connectivity index (χ1) is 49.7. The molecule has 7 nitrogen and oxygen atoms in total. The van der Waals surface area contributed by atoms with Crippen LogP contribution < -0.4 is 4.74 Å². The number of aromatic hydroxyl groups is 3. The van der Waals surface area contributed by atoms with E-state index in [0.29, 0.717) is 53.1 Å². The van der Waals surface area contributed by atoms with Crippen LogP contribution in [0, 0.1) is 24.7 Å². The van der Waals surface area contributed by atoms with Gasteiger partial charge in [0.1, 0.15) is 23.0 Å². The zero-order valence-corrected chi connectivity index (χ0v) is 75.4. The molecular formula is C86H131Cl6N3O4Zr3. The molecule has 102 heavy (non-hydrogen) atoms. The molecule has 6 saturated carbocycles. The van der Waals surface area contributed by atoms with Crippen LogP contribution in [-0.4, -0.2) is 59.2 Å². The minimum absolute atomic E-state index is 0.400. The molecule has 10 rings (SSSR count). The van der Waals surface area contributed by atoms with E-state index in [2.05, 4.69) is 88.4 Å². The van der Waals surface area contributed by atoms with Gasteiger partial charge in [-0.2, -0.15) is 0 Å². The van der Waals surface area contributed by atoms with Crippen molar-refractivity contribution in [2.45, 2.75) is 353 Å². The van der Waals surface area contributed by atoms with Crippen molar-refractivity contribution in [1.29, 1.82) is 0 Å². The topological polar surface area (TPSA) is 107 Å². The molecule has 0 aromatic heterocycles. The number of hydrogen-bond acceptors (Lipinski definition) is 7. The average molecular weight is 1760 g/mol. The van der Waals surface area contributed by atoms with Crippen LogP contribution in [0.2, 0.25) is 0 Å². The quantitative estimate of drug-likeness (QED) is 0.130. The van der Waals surface area contributed by atoms with Gasteiger partial charge in [0.25, 0.3) is 0 Å². The number of nitrogens with zero attached hydrogens (tertiary/aromatic N) is 3. The van der Waals surface area contributed by atoms with Crippen molar-refractivity contribution < 1.29 is 82.6 Å². The summed E-state index contributed by atoms with van der Waals surface area (Å²) in [7, 11) is 31.3. The van der Waals surface area contributed by atoms with Gasteiger partial charge < -0.3 is 20.1 Å². The molecular weight excluding hydrogens is 1630 g/mol. The van der Waals surface area contributed by atoms with Gasteiger partial charge in [0.05, 0.1) is 7.11 Å². The number of aliphatic imine (C=N–C) groups is 3.